The highest BCUT2D eigenvalue weighted by Crippen LogP contribution is 2.03. The summed E-state index contributed by atoms with van der Waals surface area (Å²) in [7, 11) is -3.63. The fraction of sp³-hybridized carbons (Fsp3) is 0.444. The normalized spacial score (nSPS) is 13.4. The Labute approximate surface area is 155 Å². The predicted octanol–water partition coefficient (Wildman–Crippen LogP) is 1.39. The van der Waals surface area contributed by atoms with Gasteiger partial charge in [-0.15, -0.1) is 0 Å². The fourth-order valence-electron chi connectivity index (χ4n) is 1.94. The van der Waals surface area contributed by atoms with Crippen molar-refractivity contribution in [3.8, 4) is 0 Å². The van der Waals surface area contributed by atoms with Crippen LogP contribution in [0.5, 0.6) is 0 Å². The van der Waals surface area contributed by atoms with Gasteiger partial charge in [-0.2, -0.15) is 0 Å². The van der Waals surface area contributed by atoms with Crippen LogP contribution in [0.2, 0.25) is 0 Å². The number of benzene rings is 1. The third kappa shape index (κ3) is 9.33. The number of sulfonamides is 1. The van der Waals surface area contributed by atoms with Crippen molar-refractivity contribution in [1.29, 1.82) is 0 Å². The third-order valence-electron chi connectivity index (χ3n) is 3.16. The Kier molecular flexibility index (Phi) is 7.98. The summed E-state index contributed by atoms with van der Waals surface area (Å²) in [5, 5.41) is 6.36. The van der Waals surface area contributed by atoms with E-state index in [4.69, 9.17) is 0 Å². The first-order valence-electron chi connectivity index (χ1n) is 8.33. The van der Waals surface area contributed by atoms with E-state index in [1.807, 2.05) is 26.8 Å². The summed E-state index contributed by atoms with van der Waals surface area (Å²) in [6, 6.07) is 8.32. The molecule has 7 nitrogen and oxygen atoms in total. The molecule has 26 heavy (non-hydrogen) atoms. The quantitative estimate of drug-likeness (QED) is 0.633. The van der Waals surface area contributed by atoms with Crippen LogP contribution in [-0.4, -0.2) is 38.4 Å². The van der Waals surface area contributed by atoms with Gasteiger partial charge in [0.2, 0.25) is 21.8 Å². The first-order valence-corrected chi connectivity index (χ1v) is 9.87. The van der Waals surface area contributed by atoms with Gasteiger partial charge in [-0.3, -0.25) is 9.59 Å². The van der Waals surface area contributed by atoms with E-state index in [9.17, 15) is 18.0 Å². The molecule has 1 unspecified atom stereocenters. The van der Waals surface area contributed by atoms with E-state index in [2.05, 4.69) is 15.4 Å². The Morgan fingerprint density at radius 1 is 1.15 bits per heavy atom. The van der Waals surface area contributed by atoms with Gasteiger partial charge in [0.15, 0.2) is 0 Å². The van der Waals surface area contributed by atoms with Crippen LogP contribution in [0.25, 0.3) is 6.08 Å². The van der Waals surface area contributed by atoms with Gasteiger partial charge in [-0.1, -0.05) is 30.3 Å². The summed E-state index contributed by atoms with van der Waals surface area (Å²) in [6.45, 7) is 7.05. The molecule has 0 saturated heterocycles. The lowest BCUT2D eigenvalue weighted by Crippen LogP contribution is -2.51. The van der Waals surface area contributed by atoms with Gasteiger partial charge in [0.1, 0.15) is 6.04 Å². The average Bonchev–Trinajstić information content (AvgIpc) is 2.52. The molecule has 0 radical (unpaired) electrons. The molecule has 144 valence electrons. The molecule has 3 N–H and O–H groups in total. The molecule has 0 aliphatic rings. The molecule has 1 atom stereocenters. The third-order valence-corrected chi connectivity index (χ3v) is 4.26. The summed E-state index contributed by atoms with van der Waals surface area (Å²) in [6.07, 6.45) is 1.41. The monoisotopic (exact) mass is 381 g/mol. The zero-order chi connectivity index (χ0) is 19.8. The van der Waals surface area contributed by atoms with E-state index in [-0.39, 0.29) is 18.9 Å². The first-order chi connectivity index (χ1) is 12.0. The van der Waals surface area contributed by atoms with Gasteiger partial charge in [-0.05, 0) is 39.3 Å². The van der Waals surface area contributed by atoms with E-state index in [0.29, 0.717) is 0 Å². The van der Waals surface area contributed by atoms with Crippen molar-refractivity contribution >= 4 is 27.9 Å². The van der Waals surface area contributed by atoms with Crippen molar-refractivity contribution in [2.24, 2.45) is 0 Å². The molecule has 0 aliphatic heterocycles. The Bertz CT molecular complexity index is 737. The van der Waals surface area contributed by atoms with Crippen molar-refractivity contribution in [2.75, 3.05) is 6.54 Å². The molecule has 0 bridgehead atoms. The zero-order valence-corrected chi connectivity index (χ0v) is 16.4. The molecular formula is C18H27N3O4S. The van der Waals surface area contributed by atoms with Crippen molar-refractivity contribution in [1.82, 2.24) is 15.4 Å². The maximum absolute atomic E-state index is 11.9. The molecule has 0 fully saturated rings. The topological polar surface area (TPSA) is 104 Å². The minimum absolute atomic E-state index is 0.0547. The van der Waals surface area contributed by atoms with Crippen LogP contribution in [0, 0.1) is 0 Å². The summed E-state index contributed by atoms with van der Waals surface area (Å²) in [4.78, 5) is 23.7. The summed E-state index contributed by atoms with van der Waals surface area (Å²) < 4.78 is 26.1. The second-order valence-electron chi connectivity index (χ2n) is 6.93. The summed E-state index contributed by atoms with van der Waals surface area (Å²) in [5.41, 5.74) is 0.367. The zero-order valence-electron chi connectivity index (χ0n) is 15.6. The van der Waals surface area contributed by atoms with Crippen LogP contribution in [0.3, 0.4) is 0 Å². The van der Waals surface area contributed by atoms with Crippen molar-refractivity contribution in [2.45, 2.75) is 45.7 Å². The molecule has 0 heterocycles. The number of hydrogen-bond donors (Lipinski definition) is 3. The molecule has 2 amide bonds. The van der Waals surface area contributed by atoms with E-state index < -0.39 is 27.5 Å². The van der Waals surface area contributed by atoms with Crippen molar-refractivity contribution in [3.05, 3.63) is 41.3 Å². The second kappa shape index (κ2) is 9.49. The summed E-state index contributed by atoms with van der Waals surface area (Å²) in [5.74, 6) is -0.700. The standard InChI is InChI=1S/C18H27N3O4S/c1-14(17(23)21-18(2,3)4)20-16(22)10-12-19-26(24,25)13-11-15-8-6-5-7-9-15/h5-9,11,13-14,19H,10,12H2,1-4H3,(H,20,22)(H,21,23)/b13-11+. The van der Waals surface area contributed by atoms with E-state index in [0.717, 1.165) is 11.0 Å². The molecule has 0 aliphatic carbocycles. The maximum atomic E-state index is 11.9. The van der Waals surface area contributed by atoms with E-state index >= 15 is 0 Å². The lowest BCUT2D eigenvalue weighted by molar-refractivity contribution is -0.129. The molecule has 1 rings (SSSR count). The number of nitrogens with one attached hydrogen (secondary N) is 3. The number of carbonyl (C=O) groups excluding carboxylic acids is 2. The van der Waals surface area contributed by atoms with Crippen LogP contribution in [0.4, 0.5) is 0 Å². The predicted molar refractivity (Wildman–Crippen MR) is 103 cm³/mol. The van der Waals surface area contributed by atoms with Gasteiger partial charge in [0.05, 0.1) is 0 Å². The SMILES string of the molecule is CC(NC(=O)CCNS(=O)(=O)/C=C/c1ccccc1)C(=O)NC(C)(C)C. The average molecular weight is 381 g/mol. The minimum atomic E-state index is -3.63. The molecule has 1 aromatic rings. The van der Waals surface area contributed by atoms with Crippen molar-refractivity contribution < 1.29 is 18.0 Å². The van der Waals surface area contributed by atoms with Gasteiger partial charge in [0, 0.05) is 23.9 Å². The van der Waals surface area contributed by atoms with Crippen LogP contribution in [0.1, 0.15) is 39.7 Å². The highest BCUT2D eigenvalue weighted by atomic mass is 32.2. The lowest BCUT2D eigenvalue weighted by atomic mass is 10.1. The van der Waals surface area contributed by atoms with E-state index in [1.54, 1.807) is 31.2 Å². The molecule has 0 spiro atoms. The van der Waals surface area contributed by atoms with Crippen LogP contribution in [0.15, 0.2) is 35.7 Å². The largest absolute Gasteiger partial charge is 0.350 e. The highest BCUT2D eigenvalue weighted by molar-refractivity contribution is 7.92. The molecule has 8 heteroatoms. The summed E-state index contributed by atoms with van der Waals surface area (Å²) >= 11 is 0. The number of carbonyl (C=O) groups is 2. The highest BCUT2D eigenvalue weighted by Gasteiger charge is 2.20. The fourth-order valence-corrected chi connectivity index (χ4v) is 2.76. The molecule has 0 saturated carbocycles. The first kappa shape index (κ1) is 21.9. The van der Waals surface area contributed by atoms with Gasteiger partial charge < -0.3 is 10.6 Å². The molecular weight excluding hydrogens is 354 g/mol. The van der Waals surface area contributed by atoms with E-state index in [1.165, 1.54) is 6.08 Å². The second-order valence-corrected chi connectivity index (χ2v) is 8.58. The van der Waals surface area contributed by atoms with Gasteiger partial charge in [0.25, 0.3) is 0 Å². The number of hydrogen-bond acceptors (Lipinski definition) is 4. The van der Waals surface area contributed by atoms with Gasteiger partial charge >= 0.3 is 0 Å². The Morgan fingerprint density at radius 3 is 2.35 bits per heavy atom. The molecule has 0 aromatic heterocycles. The maximum Gasteiger partial charge on any atom is 0.242 e. The Hall–Kier alpha value is -2.19. The number of amides is 2. The Morgan fingerprint density at radius 2 is 1.77 bits per heavy atom. The van der Waals surface area contributed by atoms with Crippen LogP contribution >= 0.6 is 0 Å². The van der Waals surface area contributed by atoms with Crippen LogP contribution in [-0.2, 0) is 19.6 Å². The molecule has 1 aromatic carbocycles. The lowest BCUT2D eigenvalue weighted by Gasteiger charge is -2.23. The van der Waals surface area contributed by atoms with Gasteiger partial charge in [-0.25, -0.2) is 13.1 Å². The number of rotatable bonds is 8. The van der Waals surface area contributed by atoms with Crippen molar-refractivity contribution in [3.63, 3.8) is 0 Å². The van der Waals surface area contributed by atoms with Crippen LogP contribution < -0.4 is 15.4 Å². The smallest absolute Gasteiger partial charge is 0.242 e. The Balaban J connectivity index is 2.40. The minimum Gasteiger partial charge on any atom is -0.350 e.